The number of rotatable bonds is 14. The summed E-state index contributed by atoms with van der Waals surface area (Å²) < 4.78 is 21.0. The second-order valence-electron chi connectivity index (χ2n) is 8.62. The van der Waals surface area contributed by atoms with Crippen LogP contribution in [0.3, 0.4) is 0 Å². The Kier molecular flexibility index (Phi) is 12.0. The molecule has 10 nitrogen and oxygen atoms in total. The van der Waals surface area contributed by atoms with Crippen molar-refractivity contribution in [1.82, 2.24) is 5.32 Å². The molecule has 0 atom stereocenters. The second kappa shape index (κ2) is 15.9. The lowest BCUT2D eigenvalue weighted by atomic mass is 10.1. The number of Topliss-reactive ketones (excluding diaryl/α,β-unsaturated/α-hetero) is 1. The Labute approximate surface area is 248 Å². The van der Waals surface area contributed by atoms with Crippen LogP contribution < -0.4 is 24.8 Å². The van der Waals surface area contributed by atoms with Gasteiger partial charge in [0.1, 0.15) is 17.9 Å². The quantitative estimate of drug-likeness (QED) is 0.118. The van der Waals surface area contributed by atoms with Gasteiger partial charge in [0.2, 0.25) is 0 Å². The molecule has 0 fully saturated rings. The Hall–Kier alpha value is -4.77. The number of ether oxygens (including phenoxy) is 4. The molecule has 0 saturated heterocycles. The van der Waals surface area contributed by atoms with Gasteiger partial charge in [-0.1, -0.05) is 24.3 Å². The van der Waals surface area contributed by atoms with Gasteiger partial charge in [-0.25, -0.2) is 0 Å². The smallest absolute Gasteiger partial charge is 0.313 e. The molecule has 42 heavy (non-hydrogen) atoms. The van der Waals surface area contributed by atoms with Crippen LogP contribution in [0.5, 0.6) is 17.2 Å². The number of benzene rings is 3. The highest BCUT2D eigenvalue weighted by molar-refractivity contribution is 8.00. The van der Waals surface area contributed by atoms with Crippen LogP contribution in [-0.4, -0.2) is 57.3 Å². The number of anilines is 1. The van der Waals surface area contributed by atoms with E-state index in [1.807, 2.05) is 0 Å². The van der Waals surface area contributed by atoms with E-state index in [2.05, 4.69) is 10.6 Å². The molecule has 2 N–H and O–H groups in total. The van der Waals surface area contributed by atoms with Gasteiger partial charge >= 0.3 is 5.97 Å². The largest absolute Gasteiger partial charge is 0.496 e. The molecule has 0 unspecified atom stereocenters. The first-order valence-electron chi connectivity index (χ1n) is 12.9. The molecule has 11 heteroatoms. The molecule has 0 aliphatic carbocycles. The minimum absolute atomic E-state index is 0.0583. The normalized spacial score (nSPS) is 10.8. The first kappa shape index (κ1) is 31.8. The van der Waals surface area contributed by atoms with Crippen molar-refractivity contribution in [3.05, 3.63) is 83.6 Å². The lowest BCUT2D eigenvalue weighted by Gasteiger charge is -2.15. The van der Waals surface area contributed by atoms with E-state index in [4.69, 9.17) is 18.9 Å². The zero-order valence-electron chi connectivity index (χ0n) is 23.7. The second-order valence-corrected chi connectivity index (χ2v) is 9.67. The summed E-state index contributed by atoms with van der Waals surface area (Å²) in [5.41, 5.74) is 1.19. The van der Waals surface area contributed by atoms with Crippen LogP contribution >= 0.6 is 11.8 Å². The van der Waals surface area contributed by atoms with Crippen molar-refractivity contribution in [2.24, 2.45) is 0 Å². The molecule has 3 aromatic carbocycles. The molecule has 0 aromatic heterocycles. The highest BCUT2D eigenvalue weighted by Crippen LogP contribution is 2.35. The minimum Gasteiger partial charge on any atom is -0.496 e. The van der Waals surface area contributed by atoms with Crippen LogP contribution in [-0.2, 0) is 19.1 Å². The summed E-state index contributed by atoms with van der Waals surface area (Å²) in [6, 6.07) is 18.6. The summed E-state index contributed by atoms with van der Waals surface area (Å²) in [6.07, 6.45) is 1.18. The van der Waals surface area contributed by atoms with Gasteiger partial charge in [-0.05, 0) is 49.4 Å². The van der Waals surface area contributed by atoms with Gasteiger partial charge in [-0.2, -0.15) is 0 Å². The molecule has 3 aromatic rings. The molecule has 0 aliphatic rings. The number of hydrogen-bond acceptors (Lipinski definition) is 9. The van der Waals surface area contributed by atoms with Crippen molar-refractivity contribution in [2.75, 3.05) is 39.0 Å². The number of esters is 1. The average molecular weight is 593 g/mol. The van der Waals surface area contributed by atoms with E-state index in [0.717, 1.165) is 0 Å². The van der Waals surface area contributed by atoms with Gasteiger partial charge in [-0.15, -0.1) is 11.8 Å². The van der Waals surface area contributed by atoms with Crippen LogP contribution in [0, 0.1) is 0 Å². The summed E-state index contributed by atoms with van der Waals surface area (Å²) in [7, 11) is 4.45. The Bertz CT molecular complexity index is 1460. The molecule has 0 aliphatic heterocycles. The first-order valence-corrected chi connectivity index (χ1v) is 13.9. The lowest BCUT2D eigenvalue weighted by molar-refractivity contribution is -0.145. The van der Waals surface area contributed by atoms with Crippen molar-refractivity contribution in [2.45, 2.75) is 18.2 Å². The van der Waals surface area contributed by atoms with Gasteiger partial charge in [0.25, 0.3) is 11.8 Å². The van der Waals surface area contributed by atoms with Crippen molar-refractivity contribution < 1.29 is 38.1 Å². The molecule has 0 radical (unpaired) electrons. The third kappa shape index (κ3) is 9.13. The Morgan fingerprint density at radius 1 is 0.833 bits per heavy atom. The number of nitrogens with one attached hydrogen (secondary N) is 2. The fraction of sp³-hybridized carbons (Fsp3) is 0.226. The van der Waals surface area contributed by atoms with E-state index >= 15 is 0 Å². The highest BCUT2D eigenvalue weighted by atomic mass is 32.2. The van der Waals surface area contributed by atoms with Crippen LogP contribution in [0.4, 0.5) is 5.69 Å². The zero-order valence-corrected chi connectivity index (χ0v) is 24.5. The van der Waals surface area contributed by atoms with Crippen molar-refractivity contribution >= 4 is 47.1 Å². The zero-order chi connectivity index (χ0) is 30.5. The maximum atomic E-state index is 13.5. The van der Waals surface area contributed by atoms with E-state index in [-0.39, 0.29) is 30.3 Å². The van der Waals surface area contributed by atoms with Gasteiger partial charge in [-0.3, -0.25) is 19.2 Å². The Morgan fingerprint density at radius 3 is 2.19 bits per heavy atom. The summed E-state index contributed by atoms with van der Waals surface area (Å²) >= 11 is 1.23. The van der Waals surface area contributed by atoms with Gasteiger partial charge < -0.3 is 29.6 Å². The molecule has 0 heterocycles. The van der Waals surface area contributed by atoms with Crippen LogP contribution in [0.15, 0.2) is 77.3 Å². The van der Waals surface area contributed by atoms with E-state index in [0.29, 0.717) is 39.0 Å². The number of amides is 2. The van der Waals surface area contributed by atoms with Gasteiger partial charge in [0, 0.05) is 27.8 Å². The van der Waals surface area contributed by atoms with Crippen LogP contribution in [0.2, 0.25) is 0 Å². The van der Waals surface area contributed by atoms with E-state index < -0.39 is 17.8 Å². The number of methoxy groups -OCH3 is 3. The predicted molar refractivity (Wildman–Crippen MR) is 160 cm³/mol. The summed E-state index contributed by atoms with van der Waals surface area (Å²) in [5, 5.41) is 5.48. The van der Waals surface area contributed by atoms with Crippen molar-refractivity contribution in [3.8, 4) is 17.2 Å². The van der Waals surface area contributed by atoms with E-state index in [9.17, 15) is 19.2 Å². The number of ketones is 1. The Balaban J connectivity index is 1.87. The molecule has 0 spiro atoms. The molecule has 2 amide bonds. The minimum atomic E-state index is -0.600. The fourth-order valence-electron chi connectivity index (χ4n) is 3.71. The number of carbonyl (C=O) groups excluding carboxylic acids is 4. The topological polar surface area (TPSA) is 129 Å². The maximum absolute atomic E-state index is 13.5. The standard InChI is InChI=1S/C31H32N2O8S/c1-5-41-29(35)17-23(34)19-42-24-13-9-12-22(16-24)32-31(37)25(33-30(36)20-10-7-6-8-11-20)14-21-15-27(39-3)28(40-4)18-26(21)38-2/h6-16,18H,5,17,19H2,1-4H3,(H,32,37)(H,33,36)/b25-14+. The van der Waals surface area contributed by atoms with Crippen LogP contribution in [0.1, 0.15) is 29.3 Å². The van der Waals surface area contributed by atoms with Gasteiger partial charge in [0.15, 0.2) is 17.3 Å². The predicted octanol–water partition coefficient (Wildman–Crippen LogP) is 4.74. The lowest BCUT2D eigenvalue weighted by Crippen LogP contribution is -2.30. The summed E-state index contributed by atoms with van der Waals surface area (Å²) in [6.45, 7) is 1.89. The SMILES string of the molecule is CCOC(=O)CC(=O)CSc1cccc(NC(=O)/C(=C\c2cc(OC)c(OC)cc2OC)NC(=O)c2ccccc2)c1. The van der Waals surface area contributed by atoms with Crippen molar-refractivity contribution in [1.29, 1.82) is 0 Å². The number of hydrogen-bond donors (Lipinski definition) is 2. The highest BCUT2D eigenvalue weighted by Gasteiger charge is 2.18. The number of carbonyl (C=O) groups is 4. The molecule has 0 bridgehead atoms. The molecule has 0 saturated carbocycles. The third-order valence-electron chi connectivity index (χ3n) is 5.70. The average Bonchev–Trinajstić information content (AvgIpc) is 3.00. The summed E-state index contributed by atoms with van der Waals surface area (Å²) in [5.74, 6) is -0.636. The van der Waals surface area contributed by atoms with Gasteiger partial charge in [0.05, 0.1) is 33.7 Å². The monoisotopic (exact) mass is 592 g/mol. The molecular weight excluding hydrogens is 560 g/mol. The van der Waals surface area contributed by atoms with Crippen molar-refractivity contribution in [3.63, 3.8) is 0 Å². The molecular formula is C31H32N2O8S. The summed E-state index contributed by atoms with van der Waals surface area (Å²) in [4.78, 5) is 50.9. The first-order chi connectivity index (χ1) is 20.3. The van der Waals surface area contributed by atoms with E-state index in [1.54, 1.807) is 73.7 Å². The maximum Gasteiger partial charge on any atom is 0.313 e. The number of thioether (sulfide) groups is 1. The van der Waals surface area contributed by atoms with E-state index in [1.165, 1.54) is 39.2 Å². The molecule has 3 rings (SSSR count). The Morgan fingerprint density at radius 2 is 1.52 bits per heavy atom. The fourth-order valence-corrected chi connectivity index (χ4v) is 4.53. The van der Waals surface area contributed by atoms with Crippen LogP contribution in [0.25, 0.3) is 6.08 Å². The molecule has 220 valence electrons. The third-order valence-corrected chi connectivity index (χ3v) is 6.76.